The van der Waals surface area contributed by atoms with Crippen molar-refractivity contribution in [1.82, 2.24) is 10.4 Å². The van der Waals surface area contributed by atoms with Crippen LogP contribution in [0.15, 0.2) is 48.5 Å². The third kappa shape index (κ3) is 4.54. The van der Waals surface area contributed by atoms with Gasteiger partial charge < -0.3 is 15.2 Å². The quantitative estimate of drug-likeness (QED) is 0.739. The minimum atomic E-state index is -1.26. The first-order valence-corrected chi connectivity index (χ1v) is 10.3. The van der Waals surface area contributed by atoms with Gasteiger partial charge in [0.05, 0.1) is 13.0 Å². The molecule has 0 radical (unpaired) electrons. The molecular weight excluding hydrogens is 400 g/mol. The Morgan fingerprint density at radius 3 is 2.29 bits per heavy atom. The van der Waals surface area contributed by atoms with Gasteiger partial charge in [0.1, 0.15) is 12.6 Å². The number of rotatable bonds is 6. The number of carbonyl (C=O) groups excluding carboxylic acids is 2. The molecule has 1 aliphatic carbocycles. The Hall–Kier alpha value is -3.39. The molecule has 1 aliphatic heterocycles. The molecule has 1 fully saturated rings. The highest BCUT2D eigenvalue weighted by atomic mass is 16.7. The predicted molar refractivity (Wildman–Crippen MR) is 111 cm³/mol. The summed E-state index contributed by atoms with van der Waals surface area (Å²) in [6.07, 6.45) is 0.200. The van der Waals surface area contributed by atoms with Crippen molar-refractivity contribution >= 4 is 18.0 Å². The lowest BCUT2D eigenvalue weighted by atomic mass is 9.98. The Morgan fingerprint density at radius 1 is 1.06 bits per heavy atom. The number of hydrogen-bond donors (Lipinski definition) is 2. The van der Waals surface area contributed by atoms with Crippen LogP contribution in [0.25, 0.3) is 11.1 Å². The van der Waals surface area contributed by atoms with Crippen molar-refractivity contribution in [3.8, 4) is 11.1 Å². The molecule has 2 aliphatic rings. The zero-order chi connectivity index (χ0) is 21.8. The van der Waals surface area contributed by atoms with E-state index in [1.54, 1.807) is 0 Å². The lowest BCUT2D eigenvalue weighted by molar-refractivity contribution is -0.199. The van der Waals surface area contributed by atoms with Crippen molar-refractivity contribution in [2.24, 2.45) is 0 Å². The number of nitrogens with one attached hydrogen (secondary N) is 1. The van der Waals surface area contributed by atoms with Gasteiger partial charge >= 0.3 is 12.1 Å². The molecule has 2 N–H and O–H groups in total. The number of fused-ring (bicyclic) bond motifs is 3. The fourth-order valence-corrected chi connectivity index (χ4v) is 4.10. The van der Waals surface area contributed by atoms with E-state index < -0.39 is 30.4 Å². The zero-order valence-corrected chi connectivity index (χ0v) is 17.0. The topological polar surface area (TPSA) is 105 Å². The van der Waals surface area contributed by atoms with E-state index in [9.17, 15) is 14.4 Å². The number of nitrogens with zero attached hydrogens (tertiary/aromatic N) is 1. The molecule has 2 amide bonds. The number of carboxylic acid groups (broad SMARTS) is 1. The smallest absolute Gasteiger partial charge is 0.407 e. The number of amides is 2. The first kappa shape index (κ1) is 20.9. The number of carboxylic acids is 1. The maximum atomic E-state index is 12.6. The summed E-state index contributed by atoms with van der Waals surface area (Å²) in [5, 5.41) is 12.7. The van der Waals surface area contributed by atoms with Gasteiger partial charge in [-0.15, -0.1) is 0 Å². The van der Waals surface area contributed by atoms with Crippen LogP contribution >= 0.6 is 0 Å². The Kier molecular flexibility index (Phi) is 6.18. The van der Waals surface area contributed by atoms with Crippen molar-refractivity contribution in [2.45, 2.75) is 31.2 Å². The largest absolute Gasteiger partial charge is 0.481 e. The van der Waals surface area contributed by atoms with E-state index in [2.05, 4.69) is 5.32 Å². The zero-order valence-electron chi connectivity index (χ0n) is 17.0. The van der Waals surface area contributed by atoms with Crippen LogP contribution in [0.4, 0.5) is 4.79 Å². The molecule has 2 aromatic rings. The van der Waals surface area contributed by atoms with Gasteiger partial charge in [0.15, 0.2) is 0 Å². The summed E-state index contributed by atoms with van der Waals surface area (Å²) >= 11 is 0. The molecule has 0 saturated carbocycles. The Bertz CT molecular complexity index is 940. The summed E-state index contributed by atoms with van der Waals surface area (Å²) in [4.78, 5) is 41.6. The highest BCUT2D eigenvalue weighted by Crippen LogP contribution is 2.44. The molecule has 8 nitrogen and oxygen atoms in total. The molecular formula is C23H24N2O6. The Labute approximate surface area is 179 Å². The van der Waals surface area contributed by atoms with Crippen molar-refractivity contribution in [2.75, 3.05) is 19.8 Å². The second kappa shape index (κ2) is 9.18. The first-order valence-electron chi connectivity index (χ1n) is 10.3. The summed E-state index contributed by atoms with van der Waals surface area (Å²) in [5.41, 5.74) is 4.34. The van der Waals surface area contributed by atoms with Gasteiger partial charge in [0, 0.05) is 12.5 Å². The maximum absolute atomic E-state index is 12.6. The number of hydrogen-bond acceptors (Lipinski definition) is 5. The number of alkyl carbamates (subject to hydrolysis) is 1. The van der Waals surface area contributed by atoms with Crippen LogP contribution < -0.4 is 5.32 Å². The maximum Gasteiger partial charge on any atom is 0.407 e. The molecule has 1 unspecified atom stereocenters. The van der Waals surface area contributed by atoms with Crippen LogP contribution in [-0.2, 0) is 19.2 Å². The van der Waals surface area contributed by atoms with Crippen LogP contribution in [0.3, 0.4) is 0 Å². The average molecular weight is 424 g/mol. The number of ether oxygens (including phenoxy) is 1. The van der Waals surface area contributed by atoms with Gasteiger partial charge in [-0.25, -0.2) is 9.86 Å². The van der Waals surface area contributed by atoms with E-state index in [-0.39, 0.29) is 12.5 Å². The summed E-state index contributed by atoms with van der Waals surface area (Å²) in [5.74, 6) is -1.91. The number of benzene rings is 2. The highest BCUT2D eigenvalue weighted by Gasteiger charge is 2.32. The second-order valence-electron chi connectivity index (χ2n) is 7.60. The van der Waals surface area contributed by atoms with Gasteiger partial charge in [-0.2, -0.15) is 0 Å². The van der Waals surface area contributed by atoms with Gasteiger partial charge in [-0.1, -0.05) is 48.5 Å². The van der Waals surface area contributed by atoms with E-state index >= 15 is 0 Å². The molecule has 31 heavy (non-hydrogen) atoms. The molecule has 0 aromatic heterocycles. The Morgan fingerprint density at radius 2 is 1.71 bits per heavy atom. The standard InChI is InChI=1S/C23H24N2O6/c26-21(27)13-20(22(28)25-11-5-6-12-31-25)24-23(29)30-14-19-17-9-3-1-7-15(17)16-8-2-4-10-18(16)19/h1-4,7-10,19-20H,5-6,11-14H2,(H,24,29)(H,26,27). The Balaban J connectivity index is 1.43. The van der Waals surface area contributed by atoms with Crippen molar-refractivity contribution in [3.63, 3.8) is 0 Å². The molecule has 1 heterocycles. The van der Waals surface area contributed by atoms with Crippen molar-refractivity contribution in [3.05, 3.63) is 59.7 Å². The number of aliphatic carboxylic acids is 1. The van der Waals surface area contributed by atoms with Gasteiger partial charge in [0.2, 0.25) is 0 Å². The fraction of sp³-hybridized carbons (Fsp3) is 0.348. The lowest BCUT2D eigenvalue weighted by Gasteiger charge is -2.29. The summed E-state index contributed by atoms with van der Waals surface area (Å²) in [6.45, 7) is 0.825. The molecule has 1 atom stereocenters. The molecule has 2 aromatic carbocycles. The van der Waals surface area contributed by atoms with Crippen LogP contribution in [0.2, 0.25) is 0 Å². The molecule has 1 saturated heterocycles. The van der Waals surface area contributed by atoms with Crippen LogP contribution in [-0.4, -0.2) is 53.9 Å². The minimum absolute atomic E-state index is 0.0774. The third-order valence-electron chi connectivity index (χ3n) is 5.56. The lowest BCUT2D eigenvalue weighted by Crippen LogP contribution is -2.51. The molecule has 8 heteroatoms. The average Bonchev–Trinajstić information content (AvgIpc) is 3.11. The summed E-state index contributed by atoms with van der Waals surface area (Å²) in [6, 6.07) is 14.6. The number of carbonyl (C=O) groups is 3. The molecule has 0 bridgehead atoms. The van der Waals surface area contributed by atoms with E-state index in [1.165, 1.54) is 0 Å². The summed E-state index contributed by atoms with van der Waals surface area (Å²) in [7, 11) is 0. The van der Waals surface area contributed by atoms with Crippen molar-refractivity contribution < 1.29 is 29.1 Å². The van der Waals surface area contributed by atoms with Crippen LogP contribution in [0.5, 0.6) is 0 Å². The minimum Gasteiger partial charge on any atom is -0.481 e. The van der Waals surface area contributed by atoms with Gasteiger partial charge in [-0.3, -0.25) is 14.4 Å². The predicted octanol–water partition coefficient (Wildman–Crippen LogP) is 2.92. The van der Waals surface area contributed by atoms with Gasteiger partial charge in [0.25, 0.3) is 5.91 Å². The normalized spacial score (nSPS) is 16.2. The van der Waals surface area contributed by atoms with Crippen molar-refractivity contribution in [1.29, 1.82) is 0 Å². The highest BCUT2D eigenvalue weighted by molar-refractivity contribution is 5.88. The molecule has 4 rings (SSSR count). The van der Waals surface area contributed by atoms with Crippen LogP contribution in [0, 0.1) is 0 Å². The monoisotopic (exact) mass is 424 g/mol. The first-order chi connectivity index (χ1) is 15.0. The van der Waals surface area contributed by atoms with E-state index in [4.69, 9.17) is 14.7 Å². The van der Waals surface area contributed by atoms with E-state index in [1.807, 2.05) is 48.5 Å². The van der Waals surface area contributed by atoms with Gasteiger partial charge in [-0.05, 0) is 35.1 Å². The summed E-state index contributed by atoms with van der Waals surface area (Å²) < 4.78 is 5.43. The SMILES string of the molecule is O=C(O)CC(NC(=O)OCC1c2ccccc2-c2ccccc21)C(=O)N1CCCCO1. The molecule has 162 valence electrons. The number of hydroxylamine groups is 2. The van der Waals surface area contributed by atoms with E-state index in [0.29, 0.717) is 13.2 Å². The molecule has 0 spiro atoms. The second-order valence-corrected chi connectivity index (χ2v) is 7.60. The van der Waals surface area contributed by atoms with Crippen LogP contribution in [0.1, 0.15) is 36.3 Å². The van der Waals surface area contributed by atoms with E-state index in [0.717, 1.165) is 40.2 Å². The third-order valence-corrected chi connectivity index (χ3v) is 5.56. The fourth-order valence-electron chi connectivity index (χ4n) is 4.10.